The van der Waals surface area contributed by atoms with Gasteiger partial charge in [0.05, 0.1) is 11.5 Å². The molecule has 0 unspecified atom stereocenters. The lowest BCUT2D eigenvalue weighted by Gasteiger charge is -2.05. The van der Waals surface area contributed by atoms with Crippen LogP contribution in [-0.2, 0) is 13.1 Å². The van der Waals surface area contributed by atoms with Crippen LogP contribution in [0.5, 0.6) is 0 Å². The molecule has 8 nitrogen and oxygen atoms in total. The fourth-order valence-corrected chi connectivity index (χ4v) is 1.45. The van der Waals surface area contributed by atoms with Crippen molar-refractivity contribution in [1.82, 2.24) is 19.7 Å². The number of nitro groups is 1. The Kier molecular flexibility index (Phi) is 3.46. The third-order valence-corrected chi connectivity index (χ3v) is 2.42. The van der Waals surface area contributed by atoms with Crippen molar-refractivity contribution in [3.63, 3.8) is 0 Å². The molecule has 2 rings (SSSR count). The minimum absolute atomic E-state index is 0.0303. The zero-order valence-corrected chi connectivity index (χ0v) is 9.78. The van der Waals surface area contributed by atoms with Gasteiger partial charge in [-0.15, -0.1) is 10.2 Å². The number of rotatable bonds is 5. The molecule has 0 aliphatic rings. The maximum atomic E-state index is 10.5. The number of anilines is 1. The predicted molar refractivity (Wildman–Crippen MR) is 63.9 cm³/mol. The summed E-state index contributed by atoms with van der Waals surface area (Å²) in [4.78, 5) is 13.9. The number of aromatic nitrogens is 4. The van der Waals surface area contributed by atoms with E-state index in [0.717, 1.165) is 12.4 Å². The first kappa shape index (κ1) is 12.0. The molecule has 8 heteroatoms. The molecule has 18 heavy (non-hydrogen) atoms. The van der Waals surface area contributed by atoms with Crippen molar-refractivity contribution in [3.05, 3.63) is 40.6 Å². The summed E-state index contributed by atoms with van der Waals surface area (Å²) in [5, 5.41) is 21.3. The Bertz CT molecular complexity index is 536. The molecule has 0 saturated heterocycles. The monoisotopic (exact) mass is 248 g/mol. The molecule has 0 saturated carbocycles. The van der Waals surface area contributed by atoms with Crippen molar-refractivity contribution in [2.75, 3.05) is 5.32 Å². The number of nitrogens with one attached hydrogen (secondary N) is 1. The SMILES string of the molecule is CCn1cnnc1CNc1ccc([N+](=O)[O-])cn1. The van der Waals surface area contributed by atoms with E-state index in [1.165, 1.54) is 12.3 Å². The van der Waals surface area contributed by atoms with Crippen LogP contribution in [0, 0.1) is 10.1 Å². The van der Waals surface area contributed by atoms with E-state index in [-0.39, 0.29) is 5.69 Å². The average Bonchev–Trinajstić information content (AvgIpc) is 2.84. The first-order valence-corrected chi connectivity index (χ1v) is 5.41. The zero-order chi connectivity index (χ0) is 13.0. The molecule has 0 atom stereocenters. The van der Waals surface area contributed by atoms with Crippen LogP contribution < -0.4 is 5.32 Å². The summed E-state index contributed by atoms with van der Waals surface area (Å²) in [5.74, 6) is 1.35. The maximum Gasteiger partial charge on any atom is 0.287 e. The molecule has 0 bridgehead atoms. The highest BCUT2D eigenvalue weighted by molar-refractivity contribution is 5.40. The number of nitrogens with zero attached hydrogens (tertiary/aromatic N) is 5. The van der Waals surface area contributed by atoms with Crippen LogP contribution in [-0.4, -0.2) is 24.7 Å². The van der Waals surface area contributed by atoms with Crippen molar-refractivity contribution in [1.29, 1.82) is 0 Å². The Hall–Kier alpha value is -2.51. The van der Waals surface area contributed by atoms with Crippen molar-refractivity contribution >= 4 is 11.5 Å². The molecule has 2 aromatic heterocycles. The van der Waals surface area contributed by atoms with E-state index in [0.29, 0.717) is 12.4 Å². The van der Waals surface area contributed by atoms with Crippen LogP contribution in [0.3, 0.4) is 0 Å². The van der Waals surface area contributed by atoms with Crippen LogP contribution in [0.15, 0.2) is 24.7 Å². The summed E-state index contributed by atoms with van der Waals surface area (Å²) < 4.78 is 1.90. The highest BCUT2D eigenvalue weighted by Crippen LogP contribution is 2.12. The second kappa shape index (κ2) is 5.21. The summed E-state index contributed by atoms with van der Waals surface area (Å²) in [7, 11) is 0. The second-order valence-electron chi connectivity index (χ2n) is 3.55. The Labute approximate surface area is 103 Å². The van der Waals surface area contributed by atoms with Gasteiger partial charge in [-0.2, -0.15) is 0 Å². The highest BCUT2D eigenvalue weighted by Gasteiger charge is 2.06. The zero-order valence-electron chi connectivity index (χ0n) is 9.78. The summed E-state index contributed by atoms with van der Waals surface area (Å²) >= 11 is 0. The van der Waals surface area contributed by atoms with Gasteiger partial charge in [-0.25, -0.2) is 4.98 Å². The van der Waals surface area contributed by atoms with Gasteiger partial charge in [-0.1, -0.05) is 0 Å². The summed E-state index contributed by atoms with van der Waals surface area (Å²) in [6, 6.07) is 2.96. The van der Waals surface area contributed by atoms with E-state index in [4.69, 9.17) is 0 Å². The van der Waals surface area contributed by atoms with Gasteiger partial charge in [0.2, 0.25) is 0 Å². The van der Waals surface area contributed by atoms with Crippen molar-refractivity contribution < 1.29 is 4.92 Å². The normalized spacial score (nSPS) is 10.3. The lowest BCUT2D eigenvalue weighted by molar-refractivity contribution is -0.385. The summed E-state index contributed by atoms with van der Waals surface area (Å²) in [6.45, 7) is 3.26. The molecular formula is C10H12N6O2. The van der Waals surface area contributed by atoms with Crippen molar-refractivity contribution in [2.45, 2.75) is 20.0 Å². The first-order valence-electron chi connectivity index (χ1n) is 5.41. The Balaban J connectivity index is 2.00. The van der Waals surface area contributed by atoms with Gasteiger partial charge in [-0.05, 0) is 13.0 Å². The predicted octanol–water partition coefficient (Wildman–Crippen LogP) is 1.21. The highest BCUT2D eigenvalue weighted by atomic mass is 16.6. The van der Waals surface area contributed by atoms with Gasteiger partial charge >= 0.3 is 0 Å². The van der Waals surface area contributed by atoms with E-state index < -0.39 is 4.92 Å². The van der Waals surface area contributed by atoms with E-state index in [1.807, 2.05) is 11.5 Å². The fourth-order valence-electron chi connectivity index (χ4n) is 1.45. The third kappa shape index (κ3) is 2.59. The van der Waals surface area contributed by atoms with Crippen LogP contribution in [0.2, 0.25) is 0 Å². The van der Waals surface area contributed by atoms with E-state index in [2.05, 4.69) is 20.5 Å². The van der Waals surface area contributed by atoms with Crippen molar-refractivity contribution in [3.8, 4) is 0 Å². The number of aryl methyl sites for hydroxylation is 1. The van der Waals surface area contributed by atoms with Crippen molar-refractivity contribution in [2.24, 2.45) is 0 Å². The first-order chi connectivity index (χ1) is 8.70. The molecule has 0 aliphatic carbocycles. The number of pyridine rings is 1. The molecular weight excluding hydrogens is 236 g/mol. The third-order valence-electron chi connectivity index (χ3n) is 2.42. The quantitative estimate of drug-likeness (QED) is 0.630. The van der Waals surface area contributed by atoms with Crippen LogP contribution in [0.4, 0.5) is 11.5 Å². The lowest BCUT2D eigenvalue weighted by Crippen LogP contribution is -2.08. The average molecular weight is 248 g/mol. The smallest absolute Gasteiger partial charge is 0.287 e. The molecule has 1 N–H and O–H groups in total. The Morgan fingerprint density at radius 3 is 2.94 bits per heavy atom. The summed E-state index contributed by atoms with van der Waals surface area (Å²) in [5.41, 5.74) is -0.0303. The number of hydrogen-bond donors (Lipinski definition) is 1. The van der Waals surface area contributed by atoms with Crippen LogP contribution >= 0.6 is 0 Å². The molecule has 0 aliphatic heterocycles. The van der Waals surface area contributed by atoms with Gasteiger partial charge < -0.3 is 9.88 Å². The minimum Gasteiger partial charge on any atom is -0.363 e. The van der Waals surface area contributed by atoms with Gasteiger partial charge in [0.25, 0.3) is 5.69 Å². The Morgan fingerprint density at radius 1 is 1.50 bits per heavy atom. The molecule has 0 spiro atoms. The molecule has 2 heterocycles. The minimum atomic E-state index is -0.482. The fraction of sp³-hybridized carbons (Fsp3) is 0.300. The standard InChI is InChI=1S/C10H12N6O2/c1-2-15-7-13-14-10(15)6-12-9-4-3-8(5-11-9)16(17)18/h3-5,7H,2,6H2,1H3,(H,11,12). The second-order valence-corrected chi connectivity index (χ2v) is 3.55. The maximum absolute atomic E-state index is 10.5. The Morgan fingerprint density at radius 2 is 2.33 bits per heavy atom. The van der Waals surface area contributed by atoms with E-state index >= 15 is 0 Å². The molecule has 0 fully saturated rings. The molecule has 0 amide bonds. The van der Waals surface area contributed by atoms with E-state index in [1.54, 1.807) is 12.4 Å². The molecule has 94 valence electrons. The van der Waals surface area contributed by atoms with E-state index in [9.17, 15) is 10.1 Å². The van der Waals surface area contributed by atoms with Gasteiger partial charge in [0.15, 0.2) is 5.82 Å². The lowest BCUT2D eigenvalue weighted by atomic mass is 10.4. The van der Waals surface area contributed by atoms with Crippen LogP contribution in [0.25, 0.3) is 0 Å². The van der Waals surface area contributed by atoms with Gasteiger partial charge in [0.1, 0.15) is 18.3 Å². The van der Waals surface area contributed by atoms with Gasteiger partial charge in [-0.3, -0.25) is 10.1 Å². The molecule has 0 aromatic carbocycles. The summed E-state index contributed by atoms with van der Waals surface area (Å²) in [6.07, 6.45) is 2.87. The van der Waals surface area contributed by atoms with Crippen LogP contribution in [0.1, 0.15) is 12.7 Å². The molecule has 0 radical (unpaired) electrons. The van der Waals surface area contributed by atoms with Gasteiger partial charge in [0, 0.05) is 12.6 Å². The largest absolute Gasteiger partial charge is 0.363 e. The molecule has 2 aromatic rings. The topological polar surface area (TPSA) is 98.8 Å². The number of hydrogen-bond acceptors (Lipinski definition) is 6.